The monoisotopic (exact) mass is 441 g/mol. The second-order valence-corrected chi connectivity index (χ2v) is 8.28. The summed E-state index contributed by atoms with van der Waals surface area (Å²) in [4.78, 5) is 16.3. The molecule has 3 rings (SSSR count). The normalized spacial score (nSPS) is 11.1. The number of ether oxygens (including phenoxy) is 1. The minimum atomic E-state index is 0.0968. The van der Waals surface area contributed by atoms with Gasteiger partial charge in [-0.2, -0.15) is 0 Å². The van der Waals surface area contributed by atoms with Gasteiger partial charge in [-0.05, 0) is 68.5 Å². The molecule has 1 heterocycles. The molecule has 0 aliphatic heterocycles. The number of rotatable bonds is 11. The van der Waals surface area contributed by atoms with Crippen LogP contribution < -0.4 is 10.1 Å². The molecule has 0 atom stereocenters. The van der Waals surface area contributed by atoms with Crippen LogP contribution in [-0.4, -0.2) is 28.6 Å². The summed E-state index contributed by atoms with van der Waals surface area (Å²) in [7, 11) is 0. The maximum atomic E-state index is 11.4. The molecule has 0 unspecified atom stereocenters. The fourth-order valence-corrected chi connectivity index (χ4v) is 3.83. The predicted molar refractivity (Wildman–Crippen MR) is 127 cm³/mol. The van der Waals surface area contributed by atoms with Gasteiger partial charge in [0.25, 0.3) is 0 Å². The van der Waals surface area contributed by atoms with Crippen LogP contribution in [0.15, 0.2) is 36.4 Å². The molecule has 3 aromatic rings. The van der Waals surface area contributed by atoms with Crippen LogP contribution in [0.25, 0.3) is 11.0 Å². The third-order valence-electron chi connectivity index (χ3n) is 5.41. The Morgan fingerprint density at radius 2 is 1.87 bits per heavy atom. The number of fused-ring (bicyclic) bond motifs is 1. The first-order chi connectivity index (χ1) is 15.0. The van der Waals surface area contributed by atoms with Crippen molar-refractivity contribution < 1.29 is 9.53 Å². The molecule has 0 saturated heterocycles. The summed E-state index contributed by atoms with van der Waals surface area (Å²) in [5.74, 6) is 2.05. The summed E-state index contributed by atoms with van der Waals surface area (Å²) in [5.41, 5.74) is 4.28. The van der Waals surface area contributed by atoms with Gasteiger partial charge < -0.3 is 14.6 Å². The number of hydrogen-bond donors (Lipinski definition) is 1. The first-order valence-corrected chi connectivity index (χ1v) is 11.5. The summed E-state index contributed by atoms with van der Waals surface area (Å²) >= 11 is 6.24. The molecule has 1 amide bonds. The second kappa shape index (κ2) is 11.2. The molecule has 31 heavy (non-hydrogen) atoms. The lowest BCUT2D eigenvalue weighted by molar-refractivity contribution is -0.120. The fourth-order valence-electron chi connectivity index (χ4n) is 3.72. The lowest BCUT2D eigenvalue weighted by atomic mass is 10.1. The molecule has 6 heteroatoms. The van der Waals surface area contributed by atoms with Crippen LogP contribution >= 0.6 is 11.6 Å². The zero-order valence-corrected chi connectivity index (χ0v) is 19.5. The summed E-state index contributed by atoms with van der Waals surface area (Å²) in [6, 6.07) is 12.3. The smallest absolute Gasteiger partial charge is 0.219 e. The van der Waals surface area contributed by atoms with Gasteiger partial charge in [-0.3, -0.25) is 4.79 Å². The van der Waals surface area contributed by atoms with E-state index in [0.717, 1.165) is 65.5 Å². The third-order valence-corrected chi connectivity index (χ3v) is 6.00. The zero-order valence-electron chi connectivity index (χ0n) is 18.7. The fraction of sp³-hybridized carbons (Fsp3) is 0.440. The molecular formula is C25H32ClN3O2. The third kappa shape index (κ3) is 6.23. The second-order valence-electron chi connectivity index (χ2n) is 7.90. The summed E-state index contributed by atoms with van der Waals surface area (Å²) in [6.45, 7) is 8.13. The van der Waals surface area contributed by atoms with Crippen LogP contribution in [0.4, 0.5) is 0 Å². The maximum absolute atomic E-state index is 11.4. The van der Waals surface area contributed by atoms with Gasteiger partial charge >= 0.3 is 0 Å². The molecule has 166 valence electrons. The predicted octanol–water partition coefficient (Wildman–Crippen LogP) is 5.62. The number of unbranched alkanes of at least 4 members (excludes halogenated alkanes) is 1. The zero-order chi connectivity index (χ0) is 22.2. The van der Waals surface area contributed by atoms with Crippen molar-refractivity contribution >= 4 is 28.5 Å². The van der Waals surface area contributed by atoms with Gasteiger partial charge in [-0.25, -0.2) is 4.98 Å². The number of halogens is 1. The summed E-state index contributed by atoms with van der Waals surface area (Å²) in [6.07, 6.45) is 4.21. The molecule has 0 radical (unpaired) electrons. The summed E-state index contributed by atoms with van der Waals surface area (Å²) in [5, 5.41) is 3.75. The maximum Gasteiger partial charge on any atom is 0.219 e. The largest absolute Gasteiger partial charge is 0.494 e. The molecule has 0 spiro atoms. The SMILES string of the molecule is CCC(=O)NCCCc1nc2ccccc2n1CCCCOc1cc(C)c(Cl)c(C)c1. The Kier molecular flexibility index (Phi) is 8.35. The van der Waals surface area contributed by atoms with Gasteiger partial charge in [-0.1, -0.05) is 30.7 Å². The number of carbonyl (C=O) groups is 1. The van der Waals surface area contributed by atoms with E-state index in [0.29, 0.717) is 19.6 Å². The van der Waals surface area contributed by atoms with E-state index in [1.54, 1.807) is 0 Å². The van der Waals surface area contributed by atoms with Crippen LogP contribution in [-0.2, 0) is 17.8 Å². The minimum Gasteiger partial charge on any atom is -0.494 e. The van der Waals surface area contributed by atoms with Crippen LogP contribution in [0.5, 0.6) is 5.75 Å². The first kappa shape index (κ1) is 23.1. The highest BCUT2D eigenvalue weighted by Crippen LogP contribution is 2.26. The number of aromatic nitrogens is 2. The van der Waals surface area contributed by atoms with E-state index in [4.69, 9.17) is 21.3 Å². The van der Waals surface area contributed by atoms with Gasteiger partial charge in [0, 0.05) is 31.0 Å². The number of imidazole rings is 1. The van der Waals surface area contributed by atoms with Crippen molar-refractivity contribution in [2.24, 2.45) is 0 Å². The van der Waals surface area contributed by atoms with Crippen molar-refractivity contribution in [2.75, 3.05) is 13.2 Å². The molecule has 1 N–H and O–H groups in total. The van der Waals surface area contributed by atoms with E-state index in [1.165, 1.54) is 5.52 Å². The highest BCUT2D eigenvalue weighted by Gasteiger charge is 2.10. The Morgan fingerprint density at radius 3 is 2.61 bits per heavy atom. The number of nitrogens with one attached hydrogen (secondary N) is 1. The number of hydrogen-bond acceptors (Lipinski definition) is 3. The van der Waals surface area contributed by atoms with Gasteiger partial charge in [0.15, 0.2) is 0 Å². The van der Waals surface area contributed by atoms with Gasteiger partial charge in [0.1, 0.15) is 11.6 Å². The van der Waals surface area contributed by atoms with E-state index >= 15 is 0 Å². The molecule has 2 aromatic carbocycles. The number of benzene rings is 2. The van der Waals surface area contributed by atoms with Crippen LogP contribution in [0, 0.1) is 13.8 Å². The topological polar surface area (TPSA) is 56.2 Å². The molecular weight excluding hydrogens is 410 g/mol. The lowest BCUT2D eigenvalue weighted by Gasteiger charge is -2.12. The average Bonchev–Trinajstić information content (AvgIpc) is 3.12. The van der Waals surface area contributed by atoms with Gasteiger partial charge in [-0.15, -0.1) is 0 Å². The Hall–Kier alpha value is -2.53. The van der Waals surface area contributed by atoms with Gasteiger partial charge in [0.05, 0.1) is 17.6 Å². The highest BCUT2D eigenvalue weighted by molar-refractivity contribution is 6.32. The number of nitrogens with zero attached hydrogens (tertiary/aromatic N) is 2. The van der Waals surface area contributed by atoms with E-state index in [1.807, 2.05) is 39.0 Å². The van der Waals surface area contributed by atoms with Crippen molar-refractivity contribution in [1.29, 1.82) is 0 Å². The number of amides is 1. The van der Waals surface area contributed by atoms with E-state index in [-0.39, 0.29) is 5.91 Å². The van der Waals surface area contributed by atoms with Crippen molar-refractivity contribution in [3.8, 4) is 5.75 Å². The van der Waals surface area contributed by atoms with Gasteiger partial charge in [0.2, 0.25) is 5.91 Å². The molecule has 0 aliphatic carbocycles. The van der Waals surface area contributed by atoms with E-state index in [9.17, 15) is 4.79 Å². The summed E-state index contributed by atoms with van der Waals surface area (Å²) < 4.78 is 8.26. The Morgan fingerprint density at radius 1 is 1.13 bits per heavy atom. The average molecular weight is 442 g/mol. The van der Waals surface area contributed by atoms with Crippen molar-refractivity contribution in [1.82, 2.24) is 14.9 Å². The molecule has 5 nitrogen and oxygen atoms in total. The highest BCUT2D eigenvalue weighted by atomic mass is 35.5. The molecule has 0 aliphatic rings. The Bertz CT molecular complexity index is 1010. The Balaban J connectivity index is 1.54. The first-order valence-electron chi connectivity index (χ1n) is 11.1. The number of aryl methyl sites for hydroxylation is 4. The van der Waals surface area contributed by atoms with Crippen molar-refractivity contribution in [3.63, 3.8) is 0 Å². The van der Waals surface area contributed by atoms with Crippen LogP contribution in [0.3, 0.4) is 0 Å². The molecule has 0 bridgehead atoms. The Labute approximate surface area is 189 Å². The van der Waals surface area contributed by atoms with Crippen LogP contribution in [0.1, 0.15) is 49.6 Å². The molecule has 0 fully saturated rings. The van der Waals surface area contributed by atoms with Crippen LogP contribution in [0.2, 0.25) is 5.02 Å². The number of para-hydroxylation sites is 2. The van der Waals surface area contributed by atoms with E-state index < -0.39 is 0 Å². The van der Waals surface area contributed by atoms with Crippen molar-refractivity contribution in [2.45, 2.75) is 59.4 Å². The minimum absolute atomic E-state index is 0.0968. The standard InChI is InChI=1S/C25H32ClN3O2/c1-4-24(30)27-13-9-12-23-28-21-10-5-6-11-22(21)29(23)14-7-8-15-31-20-16-18(2)25(26)19(3)17-20/h5-6,10-11,16-17H,4,7-9,12-15H2,1-3H3,(H,27,30). The lowest BCUT2D eigenvalue weighted by Crippen LogP contribution is -2.23. The van der Waals surface area contributed by atoms with E-state index in [2.05, 4.69) is 28.1 Å². The van der Waals surface area contributed by atoms with Crippen molar-refractivity contribution in [3.05, 3.63) is 58.4 Å². The number of carbonyl (C=O) groups excluding carboxylic acids is 1. The molecule has 1 aromatic heterocycles. The quantitative estimate of drug-likeness (QED) is 0.392. The molecule has 0 saturated carbocycles.